The molecule has 1 amide bonds. The maximum absolute atomic E-state index is 12.7. The van der Waals surface area contributed by atoms with E-state index in [1.54, 1.807) is 0 Å². The summed E-state index contributed by atoms with van der Waals surface area (Å²) in [5, 5.41) is 3.05. The summed E-state index contributed by atoms with van der Waals surface area (Å²) in [4.78, 5) is 23.9. The Labute approximate surface area is 149 Å². The van der Waals surface area contributed by atoms with Gasteiger partial charge in [0, 0.05) is 39.8 Å². The second-order valence-corrected chi connectivity index (χ2v) is 6.61. The molecular formula is C18H29N5O2. The van der Waals surface area contributed by atoms with Gasteiger partial charge >= 0.3 is 0 Å². The molecule has 2 fully saturated rings. The van der Waals surface area contributed by atoms with Crippen molar-refractivity contribution in [2.75, 3.05) is 71.3 Å². The SMILES string of the molecule is CCN1CCN(CC(=O)N2CCOC(c3cccc(NC)n3)C2)CC1. The van der Waals surface area contributed by atoms with Crippen LogP contribution in [0.4, 0.5) is 5.82 Å². The van der Waals surface area contributed by atoms with Crippen molar-refractivity contribution in [3.05, 3.63) is 23.9 Å². The van der Waals surface area contributed by atoms with Crippen molar-refractivity contribution in [1.29, 1.82) is 0 Å². The molecule has 0 aromatic carbocycles. The lowest BCUT2D eigenvalue weighted by atomic mass is 10.2. The van der Waals surface area contributed by atoms with Crippen molar-refractivity contribution in [1.82, 2.24) is 19.7 Å². The minimum absolute atomic E-state index is 0.150. The van der Waals surface area contributed by atoms with Gasteiger partial charge in [-0.25, -0.2) is 4.98 Å². The maximum Gasteiger partial charge on any atom is 0.236 e. The number of pyridine rings is 1. The second kappa shape index (κ2) is 8.60. The van der Waals surface area contributed by atoms with Crippen LogP contribution < -0.4 is 5.32 Å². The normalized spacial score (nSPS) is 22.8. The van der Waals surface area contributed by atoms with Crippen molar-refractivity contribution in [3.63, 3.8) is 0 Å². The molecule has 1 N–H and O–H groups in total. The number of carbonyl (C=O) groups excluding carboxylic acids is 1. The Morgan fingerprint density at radius 2 is 2.00 bits per heavy atom. The van der Waals surface area contributed by atoms with Crippen molar-refractivity contribution in [2.24, 2.45) is 0 Å². The lowest BCUT2D eigenvalue weighted by Crippen LogP contribution is -2.51. The summed E-state index contributed by atoms with van der Waals surface area (Å²) in [5.41, 5.74) is 0.876. The average Bonchev–Trinajstić information content (AvgIpc) is 2.68. The summed E-state index contributed by atoms with van der Waals surface area (Å²) in [7, 11) is 1.85. The molecule has 7 heteroatoms. The molecule has 7 nitrogen and oxygen atoms in total. The molecule has 0 spiro atoms. The number of morpholine rings is 1. The van der Waals surface area contributed by atoms with E-state index in [4.69, 9.17) is 4.74 Å². The monoisotopic (exact) mass is 347 g/mol. The highest BCUT2D eigenvalue weighted by Crippen LogP contribution is 2.22. The van der Waals surface area contributed by atoms with Gasteiger partial charge in [0.1, 0.15) is 11.9 Å². The summed E-state index contributed by atoms with van der Waals surface area (Å²) < 4.78 is 5.86. The topological polar surface area (TPSA) is 60.9 Å². The fourth-order valence-corrected chi connectivity index (χ4v) is 3.38. The van der Waals surface area contributed by atoms with Crippen LogP contribution in [0, 0.1) is 0 Å². The molecule has 2 saturated heterocycles. The molecule has 2 aliphatic heterocycles. The molecule has 0 bridgehead atoms. The summed E-state index contributed by atoms with van der Waals surface area (Å²) in [6.45, 7) is 9.63. The lowest BCUT2D eigenvalue weighted by molar-refractivity contribution is -0.140. The quantitative estimate of drug-likeness (QED) is 0.844. The zero-order valence-corrected chi connectivity index (χ0v) is 15.3. The van der Waals surface area contributed by atoms with Gasteiger partial charge in [0.2, 0.25) is 5.91 Å². The van der Waals surface area contributed by atoms with Gasteiger partial charge in [0.25, 0.3) is 0 Å². The molecule has 0 saturated carbocycles. The first-order valence-corrected chi connectivity index (χ1v) is 9.18. The summed E-state index contributed by atoms with van der Waals surface area (Å²) in [5.74, 6) is 1.02. The second-order valence-electron chi connectivity index (χ2n) is 6.61. The van der Waals surface area contributed by atoms with Crippen LogP contribution in [0.3, 0.4) is 0 Å². The summed E-state index contributed by atoms with van der Waals surface area (Å²) in [6.07, 6.45) is -0.150. The number of rotatable bonds is 5. The van der Waals surface area contributed by atoms with Gasteiger partial charge in [-0.05, 0) is 18.7 Å². The Morgan fingerprint density at radius 1 is 1.24 bits per heavy atom. The van der Waals surface area contributed by atoms with Crippen LogP contribution in [0.2, 0.25) is 0 Å². The molecule has 25 heavy (non-hydrogen) atoms. The van der Waals surface area contributed by atoms with Gasteiger partial charge in [-0.3, -0.25) is 9.69 Å². The number of hydrogen-bond donors (Lipinski definition) is 1. The van der Waals surface area contributed by atoms with Gasteiger partial charge in [-0.1, -0.05) is 13.0 Å². The van der Waals surface area contributed by atoms with E-state index in [0.717, 1.165) is 44.2 Å². The predicted molar refractivity (Wildman–Crippen MR) is 97.6 cm³/mol. The number of aromatic nitrogens is 1. The highest BCUT2D eigenvalue weighted by Gasteiger charge is 2.28. The molecule has 2 aliphatic rings. The van der Waals surface area contributed by atoms with Crippen molar-refractivity contribution < 1.29 is 9.53 Å². The van der Waals surface area contributed by atoms with Crippen LogP contribution in [0.5, 0.6) is 0 Å². The van der Waals surface area contributed by atoms with Crippen LogP contribution in [0.1, 0.15) is 18.7 Å². The number of nitrogens with one attached hydrogen (secondary N) is 1. The van der Waals surface area contributed by atoms with Crippen LogP contribution in [0.15, 0.2) is 18.2 Å². The lowest BCUT2D eigenvalue weighted by Gasteiger charge is -2.37. The molecule has 3 heterocycles. The van der Waals surface area contributed by atoms with E-state index in [1.807, 2.05) is 30.1 Å². The number of amides is 1. The van der Waals surface area contributed by atoms with E-state index >= 15 is 0 Å². The van der Waals surface area contributed by atoms with E-state index in [1.165, 1.54) is 0 Å². The molecular weight excluding hydrogens is 318 g/mol. The van der Waals surface area contributed by atoms with Crippen molar-refractivity contribution >= 4 is 11.7 Å². The maximum atomic E-state index is 12.7. The molecule has 0 aliphatic carbocycles. The summed E-state index contributed by atoms with van der Waals surface area (Å²) >= 11 is 0. The van der Waals surface area contributed by atoms with Crippen molar-refractivity contribution in [3.8, 4) is 0 Å². The van der Waals surface area contributed by atoms with E-state index in [9.17, 15) is 4.79 Å². The van der Waals surface area contributed by atoms with Crippen LogP contribution in [0.25, 0.3) is 0 Å². The first kappa shape index (κ1) is 18.1. The van der Waals surface area contributed by atoms with Gasteiger partial charge in [0.15, 0.2) is 0 Å². The number of nitrogens with zero attached hydrogens (tertiary/aromatic N) is 4. The van der Waals surface area contributed by atoms with Crippen LogP contribution >= 0.6 is 0 Å². The molecule has 1 unspecified atom stereocenters. The van der Waals surface area contributed by atoms with Crippen molar-refractivity contribution in [2.45, 2.75) is 13.0 Å². The first-order chi connectivity index (χ1) is 12.2. The Hall–Kier alpha value is -1.70. The number of likely N-dealkylation sites (N-methyl/N-ethyl adjacent to an activating group) is 1. The Morgan fingerprint density at radius 3 is 2.72 bits per heavy atom. The van der Waals surface area contributed by atoms with E-state index in [2.05, 4.69) is 27.0 Å². The predicted octanol–water partition coefficient (Wildman–Crippen LogP) is 0.661. The third-order valence-corrected chi connectivity index (χ3v) is 5.05. The molecule has 3 rings (SSSR count). The van der Waals surface area contributed by atoms with Crippen LogP contribution in [-0.2, 0) is 9.53 Å². The third-order valence-electron chi connectivity index (χ3n) is 5.05. The van der Waals surface area contributed by atoms with Gasteiger partial charge in [0.05, 0.1) is 25.4 Å². The highest BCUT2D eigenvalue weighted by atomic mass is 16.5. The highest BCUT2D eigenvalue weighted by molar-refractivity contribution is 5.78. The number of anilines is 1. The first-order valence-electron chi connectivity index (χ1n) is 9.18. The third kappa shape index (κ3) is 4.68. The van der Waals surface area contributed by atoms with E-state index in [-0.39, 0.29) is 12.0 Å². The van der Waals surface area contributed by atoms with Crippen LogP contribution in [-0.4, -0.2) is 91.6 Å². The summed E-state index contributed by atoms with van der Waals surface area (Å²) in [6, 6.07) is 5.85. The average molecular weight is 347 g/mol. The number of piperazine rings is 1. The smallest absolute Gasteiger partial charge is 0.236 e. The number of carbonyl (C=O) groups is 1. The largest absolute Gasteiger partial charge is 0.373 e. The molecule has 0 radical (unpaired) electrons. The van der Waals surface area contributed by atoms with Gasteiger partial charge in [-0.2, -0.15) is 0 Å². The zero-order chi connectivity index (χ0) is 17.6. The van der Waals surface area contributed by atoms with Gasteiger partial charge < -0.3 is 19.9 Å². The zero-order valence-electron chi connectivity index (χ0n) is 15.3. The number of hydrogen-bond acceptors (Lipinski definition) is 6. The Balaban J connectivity index is 1.54. The van der Waals surface area contributed by atoms with E-state index in [0.29, 0.717) is 26.2 Å². The fourth-order valence-electron chi connectivity index (χ4n) is 3.38. The van der Waals surface area contributed by atoms with Gasteiger partial charge in [-0.15, -0.1) is 0 Å². The van der Waals surface area contributed by atoms with E-state index < -0.39 is 0 Å². The minimum Gasteiger partial charge on any atom is -0.373 e. The molecule has 1 aromatic rings. The Bertz CT molecular complexity index is 574. The fraction of sp³-hybridized carbons (Fsp3) is 0.667. The molecule has 1 atom stereocenters. The number of ether oxygens (including phenoxy) is 1. The standard InChI is InChI=1S/C18H29N5O2/c1-3-21-7-9-22(10-8-21)14-18(24)23-11-12-25-16(13-23)15-5-4-6-17(19-2)20-15/h4-6,16H,3,7-14H2,1-2H3,(H,19,20). The Kier molecular flexibility index (Phi) is 6.23. The minimum atomic E-state index is -0.150. The molecule has 1 aromatic heterocycles. The molecule has 138 valence electrons.